The van der Waals surface area contributed by atoms with Gasteiger partial charge in [-0.3, -0.25) is 4.79 Å². The molecule has 0 rings (SSSR count). The molecule has 0 saturated heterocycles. The van der Waals surface area contributed by atoms with E-state index < -0.39 is 6.29 Å². The third-order valence-corrected chi connectivity index (χ3v) is 9.21. The third kappa shape index (κ3) is 36.2. The van der Waals surface area contributed by atoms with E-state index in [1.54, 1.807) is 0 Å². The number of aliphatic hydroxyl groups is 1. The molecule has 0 aromatic carbocycles. The summed E-state index contributed by atoms with van der Waals surface area (Å²) < 4.78 is 11.0. The Morgan fingerprint density at radius 1 is 0.522 bits per heavy atom. The van der Waals surface area contributed by atoms with Crippen molar-refractivity contribution < 1.29 is 19.4 Å². The minimum atomic E-state index is -0.564. The summed E-state index contributed by atoms with van der Waals surface area (Å²) in [7, 11) is 4.35. The Bertz CT molecular complexity index is 604. The maximum absolute atomic E-state index is 11.9. The second-order valence-electron chi connectivity index (χ2n) is 14.2. The SMILES string of the molecule is CCCCCCCCOC(=O)CCCCCCCCCN(CCCCCCCCCC(O)OCCCCCCCC)CCN(C)C. The molecule has 1 N–H and O–H groups in total. The van der Waals surface area contributed by atoms with Crippen LogP contribution in [0.3, 0.4) is 0 Å². The van der Waals surface area contributed by atoms with Gasteiger partial charge >= 0.3 is 5.97 Å². The molecule has 0 heterocycles. The minimum Gasteiger partial charge on any atom is -0.466 e. The first kappa shape index (κ1) is 45.3. The molecule has 0 amide bonds. The molecule has 0 aliphatic carbocycles. The highest BCUT2D eigenvalue weighted by Gasteiger charge is 2.07. The van der Waals surface area contributed by atoms with Gasteiger partial charge in [-0.25, -0.2) is 0 Å². The maximum Gasteiger partial charge on any atom is 0.305 e. The monoisotopic (exact) mass is 655 g/mol. The lowest BCUT2D eigenvalue weighted by molar-refractivity contribution is -0.143. The van der Waals surface area contributed by atoms with E-state index in [-0.39, 0.29) is 5.97 Å². The van der Waals surface area contributed by atoms with Gasteiger partial charge in [0.2, 0.25) is 0 Å². The molecule has 0 saturated carbocycles. The summed E-state index contributed by atoms with van der Waals surface area (Å²) in [6.07, 6.45) is 33.2. The molecule has 6 nitrogen and oxygen atoms in total. The predicted octanol–water partition coefficient (Wildman–Crippen LogP) is 10.7. The first-order valence-electron chi connectivity index (χ1n) is 20.3. The number of aliphatic hydroxyl groups excluding tert-OH is 1. The highest BCUT2D eigenvalue weighted by atomic mass is 16.6. The summed E-state index contributed by atoms with van der Waals surface area (Å²) in [6, 6.07) is 0. The molecule has 1 unspecified atom stereocenters. The number of rotatable bonds is 38. The van der Waals surface area contributed by atoms with Crippen LogP contribution in [-0.4, -0.2) is 80.7 Å². The van der Waals surface area contributed by atoms with Crippen LogP contribution < -0.4 is 0 Å². The summed E-state index contributed by atoms with van der Waals surface area (Å²) in [4.78, 5) is 16.9. The third-order valence-electron chi connectivity index (χ3n) is 9.21. The van der Waals surface area contributed by atoms with Crippen LogP contribution in [0.4, 0.5) is 0 Å². The number of nitrogens with zero attached hydrogens (tertiary/aromatic N) is 2. The van der Waals surface area contributed by atoms with Crippen LogP contribution in [0.1, 0.15) is 194 Å². The first-order chi connectivity index (χ1) is 22.5. The molecule has 0 aliphatic rings. The number of ether oxygens (including phenoxy) is 2. The zero-order chi connectivity index (χ0) is 33.8. The van der Waals surface area contributed by atoms with Gasteiger partial charge in [-0.2, -0.15) is 0 Å². The van der Waals surface area contributed by atoms with E-state index in [0.717, 1.165) is 45.1 Å². The van der Waals surface area contributed by atoms with E-state index >= 15 is 0 Å². The number of carbonyl (C=O) groups excluding carboxylic acids is 1. The topological polar surface area (TPSA) is 62.2 Å². The smallest absolute Gasteiger partial charge is 0.305 e. The normalized spacial score (nSPS) is 12.4. The highest BCUT2D eigenvalue weighted by Crippen LogP contribution is 2.14. The number of hydrogen-bond acceptors (Lipinski definition) is 6. The number of carbonyl (C=O) groups is 1. The van der Waals surface area contributed by atoms with E-state index in [4.69, 9.17) is 9.47 Å². The molecular formula is C40H82N2O4. The molecule has 6 heteroatoms. The van der Waals surface area contributed by atoms with Gasteiger partial charge in [0, 0.05) is 26.1 Å². The summed E-state index contributed by atoms with van der Waals surface area (Å²) in [6.45, 7) is 10.6. The van der Waals surface area contributed by atoms with Crippen LogP contribution in [0.15, 0.2) is 0 Å². The number of likely N-dealkylation sites (N-methyl/N-ethyl adjacent to an activating group) is 1. The van der Waals surface area contributed by atoms with E-state index in [9.17, 15) is 9.90 Å². The Hall–Kier alpha value is -0.690. The summed E-state index contributed by atoms with van der Waals surface area (Å²) >= 11 is 0. The van der Waals surface area contributed by atoms with Crippen molar-refractivity contribution in [3.63, 3.8) is 0 Å². The van der Waals surface area contributed by atoms with Gasteiger partial charge < -0.3 is 24.4 Å². The van der Waals surface area contributed by atoms with Crippen LogP contribution in [0, 0.1) is 0 Å². The summed E-state index contributed by atoms with van der Waals surface area (Å²) in [5, 5.41) is 10.0. The van der Waals surface area contributed by atoms with Crippen LogP contribution in [-0.2, 0) is 14.3 Å². The van der Waals surface area contributed by atoms with E-state index in [0.29, 0.717) is 19.6 Å². The van der Waals surface area contributed by atoms with Crippen LogP contribution in [0.25, 0.3) is 0 Å². The van der Waals surface area contributed by atoms with Gasteiger partial charge in [0.05, 0.1) is 6.61 Å². The fraction of sp³-hybridized carbons (Fsp3) is 0.975. The van der Waals surface area contributed by atoms with Crippen molar-refractivity contribution in [1.29, 1.82) is 0 Å². The molecule has 0 spiro atoms. The van der Waals surface area contributed by atoms with Crippen LogP contribution >= 0.6 is 0 Å². The standard InChI is InChI=1S/C40H82N2O4/c1-5-7-9-11-23-29-37-45-39(43)31-25-19-15-13-17-21-27-33-42(36-35-41(3)4)34-28-22-18-14-16-20-26-32-40(44)46-38-30-24-12-10-8-6-2/h39,43H,5-38H2,1-4H3. The Balaban J connectivity index is 3.67. The molecule has 46 heavy (non-hydrogen) atoms. The summed E-state index contributed by atoms with van der Waals surface area (Å²) in [5.74, 6) is 0.00207. The molecule has 0 aromatic rings. The fourth-order valence-corrected chi connectivity index (χ4v) is 6.03. The van der Waals surface area contributed by atoms with Crippen molar-refractivity contribution >= 4 is 5.97 Å². The molecule has 0 aliphatic heterocycles. The number of unbranched alkanes of at least 4 members (excludes halogenated alkanes) is 22. The fourth-order valence-electron chi connectivity index (χ4n) is 6.03. The first-order valence-corrected chi connectivity index (χ1v) is 20.3. The van der Waals surface area contributed by atoms with Gasteiger partial charge in [0.25, 0.3) is 0 Å². The molecule has 0 bridgehead atoms. The Morgan fingerprint density at radius 2 is 0.957 bits per heavy atom. The quantitative estimate of drug-likeness (QED) is 0.0406. The molecule has 0 fully saturated rings. The maximum atomic E-state index is 11.9. The van der Waals surface area contributed by atoms with Gasteiger partial charge in [0.1, 0.15) is 0 Å². The molecule has 0 aromatic heterocycles. The highest BCUT2D eigenvalue weighted by molar-refractivity contribution is 5.69. The Labute approximate surface area is 288 Å². The lowest BCUT2D eigenvalue weighted by Gasteiger charge is -2.24. The van der Waals surface area contributed by atoms with E-state index in [1.165, 1.54) is 154 Å². The van der Waals surface area contributed by atoms with Gasteiger partial charge in [-0.1, -0.05) is 142 Å². The number of hydrogen-bond donors (Lipinski definition) is 1. The Morgan fingerprint density at radius 3 is 1.48 bits per heavy atom. The van der Waals surface area contributed by atoms with Gasteiger partial charge in [-0.05, 0) is 72.1 Å². The minimum absolute atomic E-state index is 0.00207. The lowest BCUT2D eigenvalue weighted by atomic mass is 10.1. The zero-order valence-corrected chi connectivity index (χ0v) is 31.7. The second-order valence-corrected chi connectivity index (χ2v) is 14.2. The molecule has 0 radical (unpaired) electrons. The summed E-state index contributed by atoms with van der Waals surface area (Å²) in [5.41, 5.74) is 0. The van der Waals surface area contributed by atoms with Crippen LogP contribution in [0.5, 0.6) is 0 Å². The van der Waals surface area contributed by atoms with Crippen molar-refractivity contribution in [2.45, 2.75) is 200 Å². The molecular weight excluding hydrogens is 572 g/mol. The van der Waals surface area contributed by atoms with Crippen LogP contribution in [0.2, 0.25) is 0 Å². The van der Waals surface area contributed by atoms with E-state index in [1.807, 2.05) is 0 Å². The zero-order valence-electron chi connectivity index (χ0n) is 31.7. The van der Waals surface area contributed by atoms with Crippen molar-refractivity contribution in [3.8, 4) is 0 Å². The molecule has 276 valence electrons. The molecule has 1 atom stereocenters. The average Bonchev–Trinajstić information content (AvgIpc) is 3.04. The largest absolute Gasteiger partial charge is 0.466 e. The predicted molar refractivity (Wildman–Crippen MR) is 199 cm³/mol. The van der Waals surface area contributed by atoms with E-state index in [2.05, 4.69) is 37.7 Å². The van der Waals surface area contributed by atoms with Gasteiger partial charge in [0.15, 0.2) is 6.29 Å². The lowest BCUT2D eigenvalue weighted by Crippen LogP contribution is -2.33. The van der Waals surface area contributed by atoms with Crippen molar-refractivity contribution in [1.82, 2.24) is 9.80 Å². The van der Waals surface area contributed by atoms with Crippen molar-refractivity contribution in [2.24, 2.45) is 0 Å². The average molecular weight is 655 g/mol. The van der Waals surface area contributed by atoms with Crippen molar-refractivity contribution in [2.75, 3.05) is 53.5 Å². The van der Waals surface area contributed by atoms with Crippen molar-refractivity contribution in [3.05, 3.63) is 0 Å². The van der Waals surface area contributed by atoms with Gasteiger partial charge in [-0.15, -0.1) is 0 Å². The Kier molecular flexibility index (Phi) is 36.6. The number of esters is 1. The second kappa shape index (κ2) is 37.1.